The Morgan fingerprint density at radius 1 is 1.06 bits per heavy atom. The number of amides is 1. The molecule has 0 spiro atoms. The Kier molecular flexibility index (Phi) is 6.08. The number of likely N-dealkylation sites (tertiary alicyclic amines) is 1. The van der Waals surface area contributed by atoms with Gasteiger partial charge in [-0.15, -0.1) is 0 Å². The number of fused-ring (bicyclic) bond motifs is 1. The van der Waals surface area contributed by atoms with Gasteiger partial charge < -0.3 is 9.80 Å². The molecule has 2 heterocycles. The van der Waals surface area contributed by atoms with Crippen molar-refractivity contribution in [1.82, 2.24) is 9.62 Å². The smallest absolute Gasteiger partial charge is 0.242 e. The van der Waals surface area contributed by atoms with Gasteiger partial charge in [-0.05, 0) is 48.6 Å². The fourth-order valence-electron chi connectivity index (χ4n) is 4.58. The van der Waals surface area contributed by atoms with Gasteiger partial charge in [-0.2, -0.15) is 0 Å². The molecule has 6 nitrogen and oxygen atoms in total. The normalized spacial score (nSPS) is 17.7. The molecule has 2 aromatic rings. The Bertz CT molecular complexity index is 1040. The van der Waals surface area contributed by atoms with Gasteiger partial charge in [-0.1, -0.05) is 44.2 Å². The summed E-state index contributed by atoms with van der Waals surface area (Å²) >= 11 is 0. The lowest BCUT2D eigenvalue weighted by Gasteiger charge is -2.24. The number of hydrogen-bond donors (Lipinski definition) is 1. The van der Waals surface area contributed by atoms with Crippen LogP contribution in [0.2, 0.25) is 0 Å². The molecule has 0 bridgehead atoms. The number of carbonyl (C=O) groups excluding carboxylic acids is 1. The molecule has 31 heavy (non-hydrogen) atoms. The molecule has 0 saturated carbocycles. The van der Waals surface area contributed by atoms with Gasteiger partial charge in [0.25, 0.3) is 0 Å². The maximum Gasteiger partial charge on any atom is 0.242 e. The molecule has 1 N–H and O–H groups in total. The van der Waals surface area contributed by atoms with Gasteiger partial charge in [0.15, 0.2) is 0 Å². The Morgan fingerprint density at radius 3 is 2.48 bits per heavy atom. The summed E-state index contributed by atoms with van der Waals surface area (Å²) in [5.74, 6) is 0.153. The van der Waals surface area contributed by atoms with Crippen LogP contribution in [-0.4, -0.2) is 51.9 Å². The average molecular weight is 442 g/mol. The summed E-state index contributed by atoms with van der Waals surface area (Å²) in [6, 6.07) is 15.1. The SMILES string of the molecule is CC1(C)CN(CC(=O)N2CCCC2)c2ccc(S(=O)(=O)NCCc3ccccc3)cc21. The zero-order valence-electron chi connectivity index (χ0n) is 18.3. The first-order valence-corrected chi connectivity index (χ1v) is 12.5. The number of nitrogens with zero attached hydrogens (tertiary/aromatic N) is 2. The minimum absolute atomic E-state index is 0.153. The number of benzene rings is 2. The van der Waals surface area contributed by atoms with E-state index in [4.69, 9.17) is 0 Å². The molecule has 1 amide bonds. The van der Waals surface area contributed by atoms with E-state index >= 15 is 0 Å². The monoisotopic (exact) mass is 441 g/mol. The highest BCUT2D eigenvalue weighted by Crippen LogP contribution is 2.41. The minimum Gasteiger partial charge on any atom is -0.361 e. The molecule has 0 aliphatic carbocycles. The highest BCUT2D eigenvalue weighted by Gasteiger charge is 2.37. The molecule has 0 unspecified atom stereocenters. The summed E-state index contributed by atoms with van der Waals surface area (Å²) in [5, 5.41) is 0. The lowest BCUT2D eigenvalue weighted by Crippen LogP contribution is -2.40. The third-order valence-electron chi connectivity index (χ3n) is 6.27. The zero-order chi connectivity index (χ0) is 22.1. The second-order valence-electron chi connectivity index (χ2n) is 9.14. The van der Waals surface area contributed by atoms with E-state index in [9.17, 15) is 13.2 Å². The van der Waals surface area contributed by atoms with Crippen LogP contribution in [0.1, 0.15) is 37.8 Å². The third kappa shape index (κ3) is 4.77. The lowest BCUT2D eigenvalue weighted by atomic mass is 9.87. The number of carbonyl (C=O) groups is 1. The lowest BCUT2D eigenvalue weighted by molar-refractivity contribution is -0.128. The van der Waals surface area contributed by atoms with E-state index in [2.05, 4.69) is 23.5 Å². The molecular formula is C24H31N3O3S. The van der Waals surface area contributed by atoms with E-state index in [1.807, 2.05) is 41.3 Å². The molecule has 2 aliphatic heterocycles. The van der Waals surface area contributed by atoms with Crippen molar-refractivity contribution in [2.24, 2.45) is 0 Å². The summed E-state index contributed by atoms with van der Waals surface area (Å²) in [6.45, 7) is 7.29. The van der Waals surface area contributed by atoms with Crippen LogP contribution in [0, 0.1) is 0 Å². The molecule has 166 valence electrons. The van der Waals surface area contributed by atoms with E-state index in [1.54, 1.807) is 12.1 Å². The van der Waals surface area contributed by atoms with Gasteiger partial charge in [-0.3, -0.25) is 4.79 Å². The molecule has 7 heteroatoms. The Morgan fingerprint density at radius 2 is 1.77 bits per heavy atom. The van der Waals surface area contributed by atoms with Crippen molar-refractivity contribution in [2.75, 3.05) is 37.6 Å². The first-order valence-electron chi connectivity index (χ1n) is 11.0. The molecular weight excluding hydrogens is 410 g/mol. The van der Waals surface area contributed by atoms with Crippen LogP contribution in [0.4, 0.5) is 5.69 Å². The molecule has 2 aliphatic rings. The third-order valence-corrected chi connectivity index (χ3v) is 7.73. The van der Waals surface area contributed by atoms with Gasteiger partial charge in [0.05, 0.1) is 11.4 Å². The van der Waals surface area contributed by atoms with Crippen molar-refractivity contribution >= 4 is 21.6 Å². The van der Waals surface area contributed by atoms with E-state index in [0.29, 0.717) is 26.1 Å². The van der Waals surface area contributed by atoms with Crippen molar-refractivity contribution in [3.05, 3.63) is 59.7 Å². The molecule has 0 aromatic heterocycles. The Balaban J connectivity index is 1.48. The van der Waals surface area contributed by atoms with Crippen LogP contribution >= 0.6 is 0 Å². The summed E-state index contributed by atoms with van der Waals surface area (Å²) in [7, 11) is -3.60. The molecule has 2 aromatic carbocycles. The number of hydrogen-bond acceptors (Lipinski definition) is 4. The van der Waals surface area contributed by atoms with E-state index in [-0.39, 0.29) is 16.2 Å². The van der Waals surface area contributed by atoms with Crippen LogP contribution in [-0.2, 0) is 26.7 Å². The minimum atomic E-state index is -3.60. The number of nitrogens with one attached hydrogen (secondary N) is 1. The van der Waals surface area contributed by atoms with Crippen molar-refractivity contribution < 1.29 is 13.2 Å². The van der Waals surface area contributed by atoms with Crippen molar-refractivity contribution in [1.29, 1.82) is 0 Å². The molecule has 1 saturated heterocycles. The standard InChI is InChI=1S/C24H31N3O3S/c1-24(2)18-27(17-23(28)26-14-6-7-15-26)22-11-10-20(16-21(22)24)31(29,30)25-13-12-19-8-4-3-5-9-19/h3-5,8-11,16,25H,6-7,12-15,17-18H2,1-2H3. The van der Waals surface area contributed by atoms with Gasteiger partial charge in [0.1, 0.15) is 0 Å². The highest BCUT2D eigenvalue weighted by molar-refractivity contribution is 7.89. The molecule has 1 fully saturated rings. The predicted octanol–water partition coefficient (Wildman–Crippen LogP) is 2.93. The number of anilines is 1. The summed E-state index contributed by atoms with van der Waals surface area (Å²) in [5.41, 5.74) is 2.81. The highest BCUT2D eigenvalue weighted by atomic mass is 32.2. The van der Waals surface area contributed by atoms with Crippen LogP contribution < -0.4 is 9.62 Å². The topological polar surface area (TPSA) is 69.7 Å². The average Bonchev–Trinajstić information content (AvgIpc) is 3.36. The van der Waals surface area contributed by atoms with Crippen molar-refractivity contribution in [3.63, 3.8) is 0 Å². The number of sulfonamides is 1. The zero-order valence-corrected chi connectivity index (χ0v) is 19.1. The molecule has 4 rings (SSSR count). The van der Waals surface area contributed by atoms with Crippen molar-refractivity contribution in [2.45, 2.75) is 43.4 Å². The summed E-state index contributed by atoms with van der Waals surface area (Å²) in [6.07, 6.45) is 2.79. The van der Waals surface area contributed by atoms with E-state index in [0.717, 1.165) is 42.7 Å². The molecule has 0 radical (unpaired) electrons. The van der Waals surface area contributed by atoms with E-state index in [1.165, 1.54) is 0 Å². The van der Waals surface area contributed by atoms with Gasteiger partial charge in [0.2, 0.25) is 15.9 Å². The first kappa shape index (κ1) is 21.8. The quantitative estimate of drug-likeness (QED) is 0.717. The maximum absolute atomic E-state index is 12.9. The summed E-state index contributed by atoms with van der Waals surface area (Å²) in [4.78, 5) is 17.0. The van der Waals surface area contributed by atoms with Gasteiger partial charge in [-0.25, -0.2) is 13.1 Å². The van der Waals surface area contributed by atoms with E-state index < -0.39 is 10.0 Å². The van der Waals surface area contributed by atoms with Crippen LogP contribution in [0.3, 0.4) is 0 Å². The second kappa shape index (κ2) is 8.63. The summed E-state index contributed by atoms with van der Waals surface area (Å²) < 4.78 is 28.5. The molecule has 0 atom stereocenters. The largest absolute Gasteiger partial charge is 0.361 e. The Hall–Kier alpha value is -2.38. The van der Waals surface area contributed by atoms with Crippen molar-refractivity contribution in [3.8, 4) is 0 Å². The fraction of sp³-hybridized carbons (Fsp3) is 0.458. The Labute approximate surface area is 185 Å². The van der Waals surface area contributed by atoms with Crippen LogP contribution in [0.25, 0.3) is 0 Å². The van der Waals surface area contributed by atoms with Gasteiger partial charge in [0, 0.05) is 37.3 Å². The maximum atomic E-state index is 12.9. The number of rotatable bonds is 7. The van der Waals surface area contributed by atoms with Crippen LogP contribution in [0.5, 0.6) is 0 Å². The van der Waals surface area contributed by atoms with Gasteiger partial charge >= 0.3 is 0 Å². The predicted molar refractivity (Wildman–Crippen MR) is 123 cm³/mol. The second-order valence-corrected chi connectivity index (χ2v) is 10.9. The van der Waals surface area contributed by atoms with Crippen LogP contribution in [0.15, 0.2) is 53.4 Å². The first-order chi connectivity index (χ1) is 14.8. The fourth-order valence-corrected chi connectivity index (χ4v) is 5.63.